The highest BCUT2D eigenvalue weighted by molar-refractivity contribution is 5.96. The van der Waals surface area contributed by atoms with E-state index in [0.717, 1.165) is 17.5 Å². The van der Waals surface area contributed by atoms with Gasteiger partial charge < -0.3 is 10.4 Å². The summed E-state index contributed by atoms with van der Waals surface area (Å²) >= 11 is 0. The highest BCUT2D eigenvalue weighted by Gasteiger charge is 2.43. The SMILES string of the molecule is CCCC(O)c1cc(C)c(-c2cc3cnc(NC(=O)[C@@H]4C[C@@H]4F)cc3nc2C#N)cn1. The summed E-state index contributed by atoms with van der Waals surface area (Å²) in [5, 5.41) is 23.2. The molecule has 0 aliphatic heterocycles. The van der Waals surface area contributed by atoms with Crippen molar-refractivity contribution in [3.8, 4) is 17.2 Å². The molecule has 1 fully saturated rings. The van der Waals surface area contributed by atoms with Crippen molar-refractivity contribution in [3.63, 3.8) is 0 Å². The van der Waals surface area contributed by atoms with Gasteiger partial charge in [0.05, 0.1) is 23.2 Å². The van der Waals surface area contributed by atoms with Crippen LogP contribution in [0.3, 0.4) is 0 Å². The summed E-state index contributed by atoms with van der Waals surface area (Å²) < 4.78 is 13.1. The number of aliphatic hydroxyl groups is 1. The van der Waals surface area contributed by atoms with E-state index in [1.165, 1.54) is 0 Å². The van der Waals surface area contributed by atoms with Crippen molar-refractivity contribution in [2.24, 2.45) is 5.92 Å². The molecule has 3 atom stereocenters. The first-order valence-electron chi connectivity index (χ1n) is 10.2. The van der Waals surface area contributed by atoms with E-state index in [2.05, 4.69) is 26.3 Å². The average Bonchev–Trinajstić information content (AvgIpc) is 3.49. The Bertz CT molecular complexity index is 1210. The van der Waals surface area contributed by atoms with Gasteiger partial charge in [-0.05, 0) is 37.5 Å². The first-order chi connectivity index (χ1) is 14.9. The van der Waals surface area contributed by atoms with Crippen LogP contribution in [0.5, 0.6) is 0 Å². The van der Waals surface area contributed by atoms with Crippen LogP contribution in [-0.2, 0) is 4.79 Å². The van der Waals surface area contributed by atoms with E-state index in [1.807, 2.05) is 26.0 Å². The molecule has 4 rings (SSSR count). The number of hydrogen-bond acceptors (Lipinski definition) is 6. The van der Waals surface area contributed by atoms with Gasteiger partial charge in [0, 0.05) is 35.0 Å². The largest absolute Gasteiger partial charge is 0.387 e. The number of nitrogens with zero attached hydrogens (tertiary/aromatic N) is 4. The van der Waals surface area contributed by atoms with Crippen molar-refractivity contribution < 1.29 is 14.3 Å². The standard InChI is InChI=1S/C23H22FN5O2/c1-3-4-21(30)19-5-12(2)16(11-26-19)14-6-13-10-27-22(8-18(13)28-20(14)9-25)29-23(31)15-7-17(15)24/h5-6,8,10-11,15,17,21,30H,3-4,7H2,1-2H3,(H,27,29,31)/t15-,17+,21?/m1/s1. The molecule has 1 unspecified atom stereocenters. The molecular weight excluding hydrogens is 397 g/mol. The Kier molecular flexibility index (Phi) is 5.61. The lowest BCUT2D eigenvalue weighted by Crippen LogP contribution is -2.15. The maximum atomic E-state index is 13.1. The van der Waals surface area contributed by atoms with Gasteiger partial charge in [0.2, 0.25) is 5.91 Å². The molecule has 158 valence electrons. The quantitative estimate of drug-likeness (QED) is 0.625. The number of hydrogen-bond donors (Lipinski definition) is 2. The molecule has 0 saturated heterocycles. The number of nitrogens with one attached hydrogen (secondary N) is 1. The number of amides is 1. The van der Waals surface area contributed by atoms with Crippen LogP contribution in [-0.4, -0.2) is 32.1 Å². The summed E-state index contributed by atoms with van der Waals surface area (Å²) in [5.41, 5.74) is 3.56. The smallest absolute Gasteiger partial charge is 0.231 e. The van der Waals surface area contributed by atoms with Gasteiger partial charge in [-0.25, -0.2) is 14.4 Å². The Morgan fingerprint density at radius 1 is 1.32 bits per heavy atom. The molecule has 1 aliphatic carbocycles. The fourth-order valence-electron chi connectivity index (χ4n) is 3.54. The van der Waals surface area contributed by atoms with E-state index in [-0.39, 0.29) is 17.9 Å². The van der Waals surface area contributed by atoms with Crippen molar-refractivity contribution in [2.75, 3.05) is 5.32 Å². The zero-order valence-electron chi connectivity index (χ0n) is 17.3. The Balaban J connectivity index is 1.68. The molecule has 8 heteroatoms. The molecule has 0 spiro atoms. The number of rotatable bonds is 6. The minimum Gasteiger partial charge on any atom is -0.387 e. The van der Waals surface area contributed by atoms with Crippen LogP contribution in [0.1, 0.15) is 49.2 Å². The van der Waals surface area contributed by atoms with Gasteiger partial charge in [0.1, 0.15) is 23.8 Å². The van der Waals surface area contributed by atoms with Crippen molar-refractivity contribution >= 4 is 22.6 Å². The zero-order valence-corrected chi connectivity index (χ0v) is 17.3. The van der Waals surface area contributed by atoms with Crippen LogP contribution >= 0.6 is 0 Å². The van der Waals surface area contributed by atoms with Crippen LogP contribution in [0.2, 0.25) is 0 Å². The molecule has 0 aromatic carbocycles. The third-order valence-corrected chi connectivity index (χ3v) is 5.43. The second-order valence-electron chi connectivity index (χ2n) is 7.83. The molecule has 3 heterocycles. The first kappa shape index (κ1) is 20.8. The van der Waals surface area contributed by atoms with Gasteiger partial charge >= 0.3 is 0 Å². The Morgan fingerprint density at radius 2 is 2.10 bits per heavy atom. The van der Waals surface area contributed by atoms with E-state index < -0.39 is 24.1 Å². The predicted octanol–water partition coefficient (Wildman–Crippen LogP) is 4.00. The predicted molar refractivity (Wildman–Crippen MR) is 114 cm³/mol. The van der Waals surface area contributed by atoms with Crippen LogP contribution < -0.4 is 5.32 Å². The number of nitriles is 1. The van der Waals surface area contributed by atoms with Gasteiger partial charge in [-0.1, -0.05) is 13.3 Å². The molecule has 1 aliphatic rings. The zero-order chi connectivity index (χ0) is 22.1. The number of carbonyl (C=O) groups is 1. The number of anilines is 1. The molecule has 3 aromatic rings. The van der Waals surface area contributed by atoms with E-state index in [1.54, 1.807) is 18.5 Å². The highest BCUT2D eigenvalue weighted by atomic mass is 19.1. The van der Waals surface area contributed by atoms with E-state index in [4.69, 9.17) is 0 Å². The lowest BCUT2D eigenvalue weighted by Gasteiger charge is -2.13. The Hall–Kier alpha value is -3.44. The van der Waals surface area contributed by atoms with Crippen LogP contribution in [0.4, 0.5) is 10.2 Å². The molecule has 1 amide bonds. The number of fused-ring (bicyclic) bond motifs is 1. The monoisotopic (exact) mass is 419 g/mol. The van der Waals surface area contributed by atoms with Gasteiger partial charge in [0.25, 0.3) is 0 Å². The second kappa shape index (κ2) is 8.36. The minimum atomic E-state index is -1.09. The van der Waals surface area contributed by atoms with Gasteiger partial charge in [-0.15, -0.1) is 0 Å². The van der Waals surface area contributed by atoms with Crippen molar-refractivity contribution in [1.29, 1.82) is 5.26 Å². The van der Waals surface area contributed by atoms with Gasteiger partial charge in [-0.2, -0.15) is 5.26 Å². The van der Waals surface area contributed by atoms with Crippen LogP contribution in [0, 0.1) is 24.2 Å². The van der Waals surface area contributed by atoms with Gasteiger partial charge in [-0.3, -0.25) is 9.78 Å². The topological polar surface area (TPSA) is 112 Å². The van der Waals surface area contributed by atoms with Crippen LogP contribution in [0.15, 0.2) is 30.6 Å². The number of aromatic nitrogens is 3. The molecule has 0 radical (unpaired) electrons. The summed E-state index contributed by atoms with van der Waals surface area (Å²) in [6.45, 7) is 3.90. The molecule has 3 aromatic heterocycles. The average molecular weight is 419 g/mol. The number of carbonyl (C=O) groups excluding carboxylic acids is 1. The Morgan fingerprint density at radius 3 is 2.74 bits per heavy atom. The fourth-order valence-corrected chi connectivity index (χ4v) is 3.54. The molecule has 0 bridgehead atoms. The molecular formula is C23H22FN5O2. The molecule has 7 nitrogen and oxygen atoms in total. The number of halogens is 1. The van der Waals surface area contributed by atoms with E-state index >= 15 is 0 Å². The molecule has 2 N–H and O–H groups in total. The number of aliphatic hydroxyl groups excluding tert-OH is 1. The van der Waals surface area contributed by atoms with Crippen molar-refractivity contribution in [2.45, 2.75) is 45.4 Å². The normalized spacial score (nSPS) is 18.4. The number of pyridine rings is 3. The fraction of sp³-hybridized carbons (Fsp3) is 0.348. The molecule has 31 heavy (non-hydrogen) atoms. The summed E-state index contributed by atoms with van der Waals surface area (Å²) in [5.74, 6) is -0.742. The van der Waals surface area contributed by atoms with E-state index in [9.17, 15) is 19.6 Å². The number of aryl methyl sites for hydroxylation is 1. The molecule has 1 saturated carbocycles. The second-order valence-corrected chi connectivity index (χ2v) is 7.83. The number of alkyl halides is 1. The lowest BCUT2D eigenvalue weighted by atomic mass is 9.98. The van der Waals surface area contributed by atoms with Crippen molar-refractivity contribution in [1.82, 2.24) is 15.0 Å². The third kappa shape index (κ3) is 4.23. The van der Waals surface area contributed by atoms with Crippen molar-refractivity contribution in [3.05, 3.63) is 47.5 Å². The van der Waals surface area contributed by atoms with Crippen LogP contribution in [0.25, 0.3) is 22.0 Å². The highest BCUT2D eigenvalue weighted by Crippen LogP contribution is 2.35. The van der Waals surface area contributed by atoms with Gasteiger partial charge in [0.15, 0.2) is 0 Å². The Labute approximate surface area is 179 Å². The maximum Gasteiger partial charge on any atom is 0.231 e. The first-order valence-corrected chi connectivity index (χ1v) is 10.2. The van der Waals surface area contributed by atoms with E-state index in [0.29, 0.717) is 28.6 Å². The summed E-state index contributed by atoms with van der Waals surface area (Å²) in [6.07, 6.45) is 3.22. The summed E-state index contributed by atoms with van der Waals surface area (Å²) in [6, 6.07) is 7.33. The maximum absolute atomic E-state index is 13.1. The summed E-state index contributed by atoms with van der Waals surface area (Å²) in [4.78, 5) is 25.0. The lowest BCUT2D eigenvalue weighted by molar-refractivity contribution is -0.117. The summed E-state index contributed by atoms with van der Waals surface area (Å²) in [7, 11) is 0. The minimum absolute atomic E-state index is 0.216. The third-order valence-electron chi connectivity index (χ3n) is 5.43.